The van der Waals surface area contributed by atoms with E-state index < -0.39 is 31.2 Å². The molecule has 0 aliphatic heterocycles. The third kappa shape index (κ3) is 7.23. The molecule has 2 aliphatic carbocycles. The van der Waals surface area contributed by atoms with E-state index in [1.165, 1.54) is 44.0 Å². The summed E-state index contributed by atoms with van der Waals surface area (Å²) in [6.07, 6.45) is 5.89. The summed E-state index contributed by atoms with van der Waals surface area (Å²) in [5, 5.41) is 4.55. The molecule has 0 spiro atoms. The van der Waals surface area contributed by atoms with Crippen LogP contribution in [0, 0.1) is 0 Å². The van der Waals surface area contributed by atoms with Crippen molar-refractivity contribution in [1.29, 1.82) is 0 Å². The molecule has 0 bridgehead atoms. The fourth-order valence-electron chi connectivity index (χ4n) is 7.28. The van der Waals surface area contributed by atoms with Gasteiger partial charge in [0.1, 0.15) is 0 Å². The summed E-state index contributed by atoms with van der Waals surface area (Å²) in [7, 11) is -0.583. The number of benzene rings is 7. The normalized spacial score (nSPS) is 13.8. The fraction of sp³-hybridized carbons (Fsp3) is 0.0833. The average molecular weight is 738 g/mol. The van der Waals surface area contributed by atoms with Crippen molar-refractivity contribution in [3.63, 3.8) is 0 Å². The smallest absolute Gasteiger partial charge is 0.0238 e. The third-order valence-electron chi connectivity index (χ3n) is 9.73. The Morgan fingerprint density at radius 3 is 1.64 bits per heavy atom. The Labute approximate surface area is 309 Å². The van der Waals surface area contributed by atoms with E-state index in [9.17, 15) is 0 Å². The monoisotopic (exact) mass is 736 g/mol. The number of rotatable bonds is 8. The topological polar surface area (TPSA) is 0 Å². The third-order valence-corrected chi connectivity index (χ3v) is 17.0. The van der Waals surface area contributed by atoms with Crippen molar-refractivity contribution in [2.75, 3.05) is 0 Å². The molecule has 0 aromatic heterocycles. The largest absolute Gasteiger partial charge is 0.0622 e. The second kappa shape index (κ2) is 15.6. The van der Waals surface area contributed by atoms with Crippen molar-refractivity contribution < 1.29 is 23.2 Å². The summed E-state index contributed by atoms with van der Waals surface area (Å²) < 4.78 is 2.21. The SMILES string of the molecule is C1=C(P(c2ccccc2)c2ccccc2)[CH]([Zr][c]2cccc3c2Cc2ccccc2-3)c2ccccc21.c1ccc(CCc2ccccc2)cc1. The van der Waals surface area contributed by atoms with Gasteiger partial charge < -0.3 is 0 Å². The second-order valence-electron chi connectivity index (χ2n) is 12.9. The molecule has 0 saturated carbocycles. The quantitative estimate of drug-likeness (QED) is 0.136. The summed E-state index contributed by atoms with van der Waals surface area (Å²) in [5.74, 6) is 0. The molecule has 0 fully saturated rings. The summed E-state index contributed by atoms with van der Waals surface area (Å²) >= 11 is -1.01. The number of aryl methyl sites for hydroxylation is 2. The van der Waals surface area contributed by atoms with Gasteiger partial charge in [0.25, 0.3) is 0 Å². The number of hydrogen-bond donors (Lipinski definition) is 0. The van der Waals surface area contributed by atoms with Crippen LogP contribution in [-0.2, 0) is 42.5 Å². The van der Waals surface area contributed by atoms with Gasteiger partial charge in [-0.15, -0.1) is 0 Å². The Morgan fingerprint density at radius 1 is 0.480 bits per heavy atom. The predicted octanol–water partition coefficient (Wildman–Crippen LogP) is 10.7. The van der Waals surface area contributed by atoms with Gasteiger partial charge in [0.2, 0.25) is 0 Å². The molecule has 0 nitrogen and oxygen atoms in total. The van der Waals surface area contributed by atoms with Crippen LogP contribution in [0.15, 0.2) is 193 Å². The van der Waals surface area contributed by atoms with Crippen molar-refractivity contribution in [3.05, 3.63) is 227 Å². The Kier molecular flexibility index (Phi) is 10.3. The van der Waals surface area contributed by atoms with Gasteiger partial charge in [-0.05, 0) is 24.0 Å². The van der Waals surface area contributed by atoms with Gasteiger partial charge >= 0.3 is 227 Å². The van der Waals surface area contributed by atoms with E-state index in [-0.39, 0.29) is 0 Å². The standard InChI is InChI=1S/C21H16P.C14H14.C13H9.Zr/c1-3-11-19(12-4-1)22(20-13-5-2-6-14-20)21-15-17-9-7-8-10-18(17)16-21;1-3-7-13(8-4-1)11-12-14-9-5-2-6-10-14;1-3-7-12-10(5-1)9-11-6-2-4-8-13(11)12;/h1-16H;1-10H,11-12H2;1-5,7-8H,9H2;. The van der Waals surface area contributed by atoms with Crippen molar-refractivity contribution in [3.8, 4) is 11.1 Å². The molecule has 0 saturated heterocycles. The molecule has 7 aromatic rings. The molecule has 2 heteroatoms. The van der Waals surface area contributed by atoms with Crippen LogP contribution in [0.2, 0.25) is 0 Å². The van der Waals surface area contributed by atoms with E-state index in [2.05, 4.69) is 194 Å². The number of allylic oxidation sites excluding steroid dienone is 1. The minimum Gasteiger partial charge on any atom is -0.0622 e. The average Bonchev–Trinajstić information content (AvgIpc) is 3.75. The van der Waals surface area contributed by atoms with Crippen LogP contribution in [0.5, 0.6) is 0 Å². The van der Waals surface area contributed by atoms with E-state index >= 15 is 0 Å². The van der Waals surface area contributed by atoms with Gasteiger partial charge in [0.15, 0.2) is 0 Å². The maximum Gasteiger partial charge on any atom is -0.0238 e. The zero-order valence-corrected chi connectivity index (χ0v) is 31.5. The molecule has 0 N–H and O–H groups in total. The van der Waals surface area contributed by atoms with Gasteiger partial charge in [0, 0.05) is 0 Å². The van der Waals surface area contributed by atoms with Gasteiger partial charge in [0.05, 0.1) is 0 Å². The maximum absolute atomic E-state index is 2.55. The Morgan fingerprint density at radius 2 is 1.00 bits per heavy atom. The zero-order valence-electron chi connectivity index (χ0n) is 28.1. The second-order valence-corrected chi connectivity index (χ2v) is 18.6. The Balaban J connectivity index is 0.000000216. The van der Waals surface area contributed by atoms with Crippen molar-refractivity contribution in [1.82, 2.24) is 0 Å². The first-order valence-electron chi connectivity index (χ1n) is 17.6. The van der Waals surface area contributed by atoms with Crippen LogP contribution in [0.1, 0.15) is 37.0 Å². The van der Waals surface area contributed by atoms with Crippen molar-refractivity contribution in [2.45, 2.75) is 22.9 Å². The van der Waals surface area contributed by atoms with Crippen LogP contribution in [0.4, 0.5) is 0 Å². The molecule has 240 valence electrons. The molecule has 9 rings (SSSR count). The Bertz CT molecular complexity index is 2130. The van der Waals surface area contributed by atoms with Crippen LogP contribution in [0.3, 0.4) is 0 Å². The van der Waals surface area contributed by atoms with Gasteiger partial charge in [-0.2, -0.15) is 0 Å². The fourth-order valence-corrected chi connectivity index (χ4v) is 14.9. The first-order valence-corrected chi connectivity index (χ1v) is 21.6. The predicted molar refractivity (Wildman–Crippen MR) is 211 cm³/mol. The summed E-state index contributed by atoms with van der Waals surface area (Å²) in [6.45, 7) is 0. The van der Waals surface area contributed by atoms with Crippen LogP contribution < -0.4 is 13.9 Å². The summed E-state index contributed by atoms with van der Waals surface area (Å²) in [4.78, 5) is 0. The number of fused-ring (bicyclic) bond motifs is 4. The van der Waals surface area contributed by atoms with Crippen molar-refractivity contribution in [2.24, 2.45) is 0 Å². The minimum atomic E-state index is -1.01. The zero-order chi connectivity index (χ0) is 33.5. The van der Waals surface area contributed by atoms with E-state index in [4.69, 9.17) is 0 Å². The van der Waals surface area contributed by atoms with Crippen molar-refractivity contribution >= 4 is 27.9 Å². The summed E-state index contributed by atoms with van der Waals surface area (Å²) in [5.41, 5.74) is 11.8. The van der Waals surface area contributed by atoms with E-state index in [1.54, 1.807) is 19.7 Å². The molecule has 0 heterocycles. The maximum atomic E-state index is 2.55. The van der Waals surface area contributed by atoms with E-state index in [1.807, 2.05) is 0 Å². The first-order chi connectivity index (χ1) is 24.8. The molecule has 7 aromatic carbocycles. The molecule has 50 heavy (non-hydrogen) atoms. The number of hydrogen-bond acceptors (Lipinski definition) is 0. The van der Waals surface area contributed by atoms with Crippen LogP contribution >= 0.6 is 7.92 Å². The minimum absolute atomic E-state index is 0.548. The first kappa shape index (κ1) is 32.8. The molecule has 0 radical (unpaired) electrons. The van der Waals surface area contributed by atoms with E-state index in [0.717, 1.165) is 19.3 Å². The molecule has 1 unspecified atom stereocenters. The van der Waals surface area contributed by atoms with E-state index in [0.29, 0.717) is 3.63 Å². The van der Waals surface area contributed by atoms with Crippen LogP contribution in [0.25, 0.3) is 17.2 Å². The molecule has 0 amide bonds. The molecular weight excluding hydrogens is 699 g/mol. The molecule has 2 aliphatic rings. The van der Waals surface area contributed by atoms with Gasteiger partial charge in [-0.3, -0.25) is 0 Å². The molecular formula is C48H39PZr. The van der Waals surface area contributed by atoms with Crippen LogP contribution in [-0.4, -0.2) is 0 Å². The summed E-state index contributed by atoms with van der Waals surface area (Å²) in [6, 6.07) is 68.9. The van der Waals surface area contributed by atoms with Gasteiger partial charge in [-0.1, -0.05) is 60.7 Å². The Hall–Kier alpha value is -4.41. The molecule has 1 atom stereocenters. The van der Waals surface area contributed by atoms with Gasteiger partial charge in [-0.25, -0.2) is 0 Å².